The average molecular weight is 524 g/mol. The summed E-state index contributed by atoms with van der Waals surface area (Å²) in [5.41, 5.74) is 2.12. The molecule has 0 radical (unpaired) electrons. The molecule has 0 aliphatic heterocycles. The summed E-state index contributed by atoms with van der Waals surface area (Å²) in [7, 11) is -2.01. The first-order valence-electron chi connectivity index (χ1n) is 8.10. The summed E-state index contributed by atoms with van der Waals surface area (Å²) in [6, 6.07) is 9.25. The number of aryl methyl sites for hydroxylation is 1. The molecule has 0 aliphatic carbocycles. The van der Waals surface area contributed by atoms with Crippen molar-refractivity contribution < 1.29 is 13.2 Å². The van der Waals surface area contributed by atoms with Crippen molar-refractivity contribution in [2.75, 3.05) is 13.7 Å². The monoisotopic (exact) mass is 524 g/mol. The molecule has 1 aromatic heterocycles. The van der Waals surface area contributed by atoms with E-state index in [0.717, 1.165) is 33.1 Å². The Morgan fingerprint density at radius 2 is 2.00 bits per heavy atom. The molecular weight excluding hydrogens is 499 g/mol. The number of aliphatic imine (C=N–C) groups is 1. The van der Waals surface area contributed by atoms with Gasteiger partial charge in [-0.3, -0.25) is 0 Å². The molecule has 2 aromatic rings. The fourth-order valence-corrected chi connectivity index (χ4v) is 3.98. The number of thiophene rings is 1. The second-order valence-electron chi connectivity index (χ2n) is 5.63. The van der Waals surface area contributed by atoms with Gasteiger partial charge in [0.25, 0.3) is 0 Å². The Morgan fingerprint density at radius 1 is 1.26 bits per heavy atom. The van der Waals surface area contributed by atoms with Gasteiger partial charge in [0.2, 0.25) is 10.0 Å². The lowest BCUT2D eigenvalue weighted by atomic mass is 10.1. The lowest BCUT2D eigenvalue weighted by molar-refractivity contribution is 0.409. The first kappa shape index (κ1) is 23.7. The van der Waals surface area contributed by atoms with Crippen molar-refractivity contribution in [1.29, 1.82) is 0 Å². The summed E-state index contributed by atoms with van der Waals surface area (Å²) in [6.07, 6.45) is 0. The van der Waals surface area contributed by atoms with E-state index in [9.17, 15) is 8.42 Å². The predicted octanol–water partition coefficient (Wildman–Crippen LogP) is 2.59. The number of hydrogen-bond donors (Lipinski definition) is 3. The Morgan fingerprint density at radius 3 is 2.59 bits per heavy atom. The van der Waals surface area contributed by atoms with Crippen LogP contribution in [0.4, 0.5) is 0 Å². The average Bonchev–Trinajstić information content (AvgIpc) is 3.07. The number of guanidine groups is 1. The highest BCUT2D eigenvalue weighted by atomic mass is 127. The topological polar surface area (TPSA) is 106 Å². The highest BCUT2D eigenvalue weighted by molar-refractivity contribution is 14.0. The molecule has 27 heavy (non-hydrogen) atoms. The van der Waals surface area contributed by atoms with Crippen LogP contribution in [-0.4, -0.2) is 28.0 Å². The number of nitrogens with one attached hydrogen (secondary N) is 2. The number of nitrogens with zero attached hydrogens (tertiary/aromatic N) is 1. The molecule has 0 fully saturated rings. The van der Waals surface area contributed by atoms with Crippen LogP contribution >= 0.6 is 35.3 Å². The molecule has 0 spiro atoms. The number of hydrogen-bond acceptors (Lipinski definition) is 5. The quantitative estimate of drug-likeness (QED) is 0.294. The van der Waals surface area contributed by atoms with Crippen LogP contribution < -0.4 is 20.5 Å². The number of primary sulfonamides is 1. The van der Waals surface area contributed by atoms with Gasteiger partial charge in [-0.2, -0.15) is 0 Å². The van der Waals surface area contributed by atoms with Gasteiger partial charge >= 0.3 is 0 Å². The molecule has 0 saturated carbocycles. The maximum Gasteiger partial charge on any atom is 0.247 e. The lowest BCUT2D eigenvalue weighted by Gasteiger charge is -2.12. The number of nitrogens with two attached hydrogens (primary N) is 1. The summed E-state index contributed by atoms with van der Waals surface area (Å²) >= 11 is 1.14. The van der Waals surface area contributed by atoms with Crippen molar-refractivity contribution in [2.24, 2.45) is 10.1 Å². The Balaban J connectivity index is 0.00000364. The molecule has 0 amide bonds. The van der Waals surface area contributed by atoms with Crippen LogP contribution in [0, 0.1) is 6.92 Å². The van der Waals surface area contributed by atoms with E-state index >= 15 is 0 Å². The van der Waals surface area contributed by atoms with Gasteiger partial charge in [-0.1, -0.05) is 12.1 Å². The van der Waals surface area contributed by atoms with Crippen LogP contribution in [0.3, 0.4) is 0 Å². The first-order chi connectivity index (χ1) is 12.3. The Labute approximate surface area is 181 Å². The van der Waals surface area contributed by atoms with Gasteiger partial charge in [0, 0.05) is 17.0 Å². The van der Waals surface area contributed by atoms with Crippen molar-refractivity contribution in [3.8, 4) is 5.75 Å². The van der Waals surface area contributed by atoms with Gasteiger partial charge in [-0.05, 0) is 37.6 Å². The van der Waals surface area contributed by atoms with Crippen molar-refractivity contribution in [2.45, 2.75) is 31.1 Å². The van der Waals surface area contributed by atoms with Gasteiger partial charge in [0.1, 0.15) is 9.96 Å². The maximum atomic E-state index is 11.4. The standard InChI is InChI=1S/C17H24N4O3S2.HI/c1-4-19-17(20-10-13-6-5-12(2)9-15(13)24-3)21-11-14-7-8-16(25-14)26(18,22)23;/h5-9H,4,10-11H2,1-3H3,(H2,18,22,23)(H2,19,20,21);1H. The van der Waals surface area contributed by atoms with Gasteiger partial charge < -0.3 is 15.4 Å². The summed E-state index contributed by atoms with van der Waals surface area (Å²) in [5.74, 6) is 1.45. The molecule has 2 rings (SSSR count). The van der Waals surface area contributed by atoms with Gasteiger partial charge in [0.05, 0.1) is 20.2 Å². The molecular formula is C17H25IN4O3S2. The predicted molar refractivity (Wildman–Crippen MR) is 120 cm³/mol. The van der Waals surface area contributed by atoms with E-state index in [1.807, 2.05) is 32.0 Å². The van der Waals surface area contributed by atoms with E-state index in [1.54, 1.807) is 13.2 Å². The third-order valence-electron chi connectivity index (χ3n) is 3.54. The fraction of sp³-hybridized carbons (Fsp3) is 0.353. The van der Waals surface area contributed by atoms with E-state index in [4.69, 9.17) is 9.88 Å². The highest BCUT2D eigenvalue weighted by Crippen LogP contribution is 2.21. The molecule has 7 nitrogen and oxygen atoms in total. The minimum atomic E-state index is -3.66. The van der Waals surface area contributed by atoms with Crippen LogP contribution in [0.25, 0.3) is 0 Å². The number of methoxy groups -OCH3 is 1. The SMILES string of the molecule is CCNC(=NCc1ccc(C)cc1OC)NCc1ccc(S(N)(=O)=O)s1.I. The van der Waals surface area contributed by atoms with Crippen LogP contribution in [0.5, 0.6) is 5.75 Å². The minimum absolute atomic E-state index is 0. The minimum Gasteiger partial charge on any atom is -0.496 e. The molecule has 0 bridgehead atoms. The largest absolute Gasteiger partial charge is 0.496 e. The second kappa shape index (κ2) is 10.8. The fourth-order valence-electron chi connectivity index (χ4n) is 2.27. The zero-order chi connectivity index (χ0) is 19.2. The smallest absolute Gasteiger partial charge is 0.247 e. The van der Waals surface area contributed by atoms with E-state index in [1.165, 1.54) is 6.07 Å². The molecule has 0 unspecified atom stereocenters. The number of rotatable bonds is 7. The Kier molecular flexibility index (Phi) is 9.50. The zero-order valence-corrected chi connectivity index (χ0v) is 19.4. The molecule has 150 valence electrons. The number of halogens is 1. The van der Waals surface area contributed by atoms with E-state index < -0.39 is 10.0 Å². The second-order valence-corrected chi connectivity index (χ2v) is 8.59. The molecule has 0 aliphatic rings. The highest BCUT2D eigenvalue weighted by Gasteiger charge is 2.11. The molecule has 0 saturated heterocycles. The van der Waals surface area contributed by atoms with Crippen molar-refractivity contribution in [3.05, 3.63) is 46.3 Å². The normalized spacial score (nSPS) is 11.6. The zero-order valence-electron chi connectivity index (χ0n) is 15.5. The molecule has 1 heterocycles. The van der Waals surface area contributed by atoms with Gasteiger partial charge in [0.15, 0.2) is 5.96 Å². The first-order valence-corrected chi connectivity index (χ1v) is 10.5. The van der Waals surface area contributed by atoms with E-state index in [-0.39, 0.29) is 28.2 Å². The number of ether oxygens (including phenoxy) is 1. The van der Waals surface area contributed by atoms with Gasteiger partial charge in [-0.25, -0.2) is 18.5 Å². The van der Waals surface area contributed by atoms with Crippen LogP contribution in [-0.2, 0) is 23.1 Å². The number of sulfonamides is 1. The van der Waals surface area contributed by atoms with E-state index in [2.05, 4.69) is 15.6 Å². The summed E-state index contributed by atoms with van der Waals surface area (Å²) in [6.45, 7) is 5.62. The summed E-state index contributed by atoms with van der Waals surface area (Å²) in [5, 5.41) is 11.5. The van der Waals surface area contributed by atoms with Crippen LogP contribution in [0.1, 0.15) is 22.9 Å². The van der Waals surface area contributed by atoms with Crippen LogP contribution in [0.2, 0.25) is 0 Å². The van der Waals surface area contributed by atoms with Crippen molar-refractivity contribution in [1.82, 2.24) is 10.6 Å². The van der Waals surface area contributed by atoms with Crippen LogP contribution in [0.15, 0.2) is 39.5 Å². The van der Waals surface area contributed by atoms with E-state index in [0.29, 0.717) is 25.6 Å². The third kappa shape index (κ3) is 7.28. The maximum absolute atomic E-state index is 11.4. The summed E-state index contributed by atoms with van der Waals surface area (Å²) < 4.78 is 28.3. The molecule has 1 aromatic carbocycles. The molecule has 10 heteroatoms. The van der Waals surface area contributed by atoms with Crippen molar-refractivity contribution in [3.63, 3.8) is 0 Å². The van der Waals surface area contributed by atoms with Gasteiger partial charge in [-0.15, -0.1) is 35.3 Å². The summed E-state index contributed by atoms with van der Waals surface area (Å²) in [4.78, 5) is 5.42. The Hall–Kier alpha value is -1.37. The Bertz CT molecular complexity index is 882. The third-order valence-corrected chi connectivity index (χ3v) is 6.07. The van der Waals surface area contributed by atoms with Crippen molar-refractivity contribution >= 4 is 51.3 Å². The molecule has 4 N–H and O–H groups in total. The lowest BCUT2D eigenvalue weighted by Crippen LogP contribution is -2.36. The number of benzene rings is 1. The molecule has 0 atom stereocenters.